The molecule has 3 N–H and O–H groups in total. The predicted octanol–water partition coefficient (Wildman–Crippen LogP) is 3.73. The summed E-state index contributed by atoms with van der Waals surface area (Å²) in [6, 6.07) is 5.13. The second kappa shape index (κ2) is 7.98. The van der Waals surface area contributed by atoms with Gasteiger partial charge in [-0.25, -0.2) is 18.1 Å². The number of fused-ring (bicyclic) bond motifs is 1. The first-order chi connectivity index (χ1) is 14.8. The first kappa shape index (κ1) is 20.8. The minimum Gasteiger partial charge on any atom is -0.345 e. The molecule has 31 heavy (non-hydrogen) atoms. The highest BCUT2D eigenvalue weighted by atomic mass is 32.2. The van der Waals surface area contributed by atoms with Crippen molar-refractivity contribution in [1.82, 2.24) is 9.29 Å². The van der Waals surface area contributed by atoms with E-state index < -0.39 is 21.6 Å². The second-order valence-corrected chi connectivity index (χ2v) is 9.19. The molecule has 0 spiro atoms. The number of nitriles is 1. The fourth-order valence-electron chi connectivity index (χ4n) is 3.76. The molecule has 7 nitrogen and oxygen atoms in total. The Balaban J connectivity index is 1.70. The van der Waals surface area contributed by atoms with Crippen LogP contribution in [0.3, 0.4) is 0 Å². The highest BCUT2D eigenvalue weighted by molar-refractivity contribution is 7.90. The van der Waals surface area contributed by atoms with Crippen molar-refractivity contribution in [2.75, 3.05) is 5.32 Å². The molecule has 0 saturated heterocycles. The van der Waals surface area contributed by atoms with Gasteiger partial charge in [0, 0.05) is 36.5 Å². The number of nitrogens with one attached hydrogen (secondary N) is 3. The average Bonchev–Trinajstić information content (AvgIpc) is 3.04. The molecule has 3 atom stereocenters. The minimum atomic E-state index is -3.37. The lowest BCUT2D eigenvalue weighted by Gasteiger charge is -2.23. The van der Waals surface area contributed by atoms with Crippen molar-refractivity contribution < 1.29 is 13.4 Å². The summed E-state index contributed by atoms with van der Waals surface area (Å²) in [5.74, 6) is -1.14. The largest absolute Gasteiger partial charge is 0.345 e. The van der Waals surface area contributed by atoms with Gasteiger partial charge in [0.1, 0.15) is 27.5 Å². The number of halogens is 1. The molecule has 1 aromatic carbocycles. The van der Waals surface area contributed by atoms with Crippen molar-refractivity contribution in [3.05, 3.63) is 77.4 Å². The van der Waals surface area contributed by atoms with Gasteiger partial charge in [-0.3, -0.25) is 4.79 Å². The van der Waals surface area contributed by atoms with Crippen LogP contribution in [0.1, 0.15) is 28.0 Å². The van der Waals surface area contributed by atoms with Crippen molar-refractivity contribution >= 4 is 27.6 Å². The van der Waals surface area contributed by atoms with Gasteiger partial charge in [0.25, 0.3) is 5.91 Å². The standard InChI is InChI=1S/C22H20FN5O2S/c1-28-13-20-17(8-10-19(27-31(20,25)30)14-5-3-2-4-6-14)21(28)22(29)26-16-7-9-18(23)15(11-16)12-24/h2-5,7-11,13-14,19H,6H2,1H3,(H,26,29)(H2,25,27,30)/t14?,19-,31?/m1/s1. The fourth-order valence-corrected chi connectivity index (χ4v) is 5.30. The number of aromatic nitrogens is 1. The number of anilines is 1. The van der Waals surface area contributed by atoms with Gasteiger partial charge in [0.15, 0.2) is 0 Å². The summed E-state index contributed by atoms with van der Waals surface area (Å²) >= 11 is 0. The van der Waals surface area contributed by atoms with Gasteiger partial charge in [0.05, 0.1) is 10.5 Å². The van der Waals surface area contributed by atoms with E-state index in [2.05, 4.69) is 10.0 Å². The number of allylic oxidation sites excluding steroid dienone is 3. The molecule has 2 aromatic rings. The molecule has 2 aliphatic rings. The molecule has 0 fully saturated rings. The van der Waals surface area contributed by atoms with Gasteiger partial charge in [-0.1, -0.05) is 36.5 Å². The Morgan fingerprint density at radius 1 is 1.39 bits per heavy atom. The molecular weight excluding hydrogens is 417 g/mol. The van der Waals surface area contributed by atoms with Crippen LogP contribution < -0.4 is 10.0 Å². The summed E-state index contributed by atoms with van der Waals surface area (Å²) in [5, 5.41) is 11.7. The van der Waals surface area contributed by atoms with Gasteiger partial charge in [-0.2, -0.15) is 5.26 Å². The zero-order valence-electron chi connectivity index (χ0n) is 16.6. The quantitative estimate of drug-likeness (QED) is 0.680. The van der Waals surface area contributed by atoms with Gasteiger partial charge in [0.2, 0.25) is 0 Å². The van der Waals surface area contributed by atoms with E-state index in [-0.39, 0.29) is 33.8 Å². The Hall–Kier alpha value is -3.48. The van der Waals surface area contributed by atoms with Gasteiger partial charge in [-0.15, -0.1) is 0 Å². The van der Waals surface area contributed by atoms with Gasteiger partial charge < -0.3 is 9.88 Å². The first-order valence-electron chi connectivity index (χ1n) is 9.58. The normalized spacial score (nSPS) is 24.3. The van der Waals surface area contributed by atoms with Crippen LogP contribution in [-0.2, 0) is 17.0 Å². The van der Waals surface area contributed by atoms with Gasteiger partial charge in [-0.05, 0) is 24.6 Å². The smallest absolute Gasteiger partial charge is 0.272 e. The van der Waals surface area contributed by atoms with E-state index in [1.165, 1.54) is 22.9 Å². The highest BCUT2D eigenvalue weighted by Crippen LogP contribution is 2.30. The molecule has 0 bridgehead atoms. The third kappa shape index (κ3) is 3.95. The number of hydrogen-bond acceptors (Lipinski definition) is 4. The van der Waals surface area contributed by atoms with E-state index in [0.717, 1.165) is 12.5 Å². The maximum Gasteiger partial charge on any atom is 0.272 e. The van der Waals surface area contributed by atoms with Crippen molar-refractivity contribution in [3.8, 4) is 6.07 Å². The summed E-state index contributed by atoms with van der Waals surface area (Å²) in [5.41, 5.74) is 0.694. The molecule has 0 radical (unpaired) electrons. The van der Waals surface area contributed by atoms with E-state index in [9.17, 15) is 13.4 Å². The summed E-state index contributed by atoms with van der Waals surface area (Å²) in [6.45, 7) is 0. The van der Waals surface area contributed by atoms with Crippen LogP contribution in [-0.4, -0.2) is 20.7 Å². The molecule has 0 saturated carbocycles. The van der Waals surface area contributed by atoms with Crippen LogP contribution in [0.5, 0.6) is 0 Å². The van der Waals surface area contributed by atoms with Crippen LogP contribution in [0.4, 0.5) is 10.1 Å². The van der Waals surface area contributed by atoms with E-state index >= 15 is 0 Å². The van der Waals surface area contributed by atoms with E-state index in [1.54, 1.807) is 19.2 Å². The monoisotopic (exact) mass is 437 g/mol. The van der Waals surface area contributed by atoms with Crippen LogP contribution in [0.15, 0.2) is 59.7 Å². The lowest BCUT2D eigenvalue weighted by Crippen LogP contribution is -2.37. The van der Waals surface area contributed by atoms with Crippen molar-refractivity contribution in [2.45, 2.75) is 17.4 Å². The summed E-state index contributed by atoms with van der Waals surface area (Å²) in [7, 11) is -1.74. The first-order valence-corrected chi connectivity index (χ1v) is 11.1. The topological polar surface area (TPSA) is 111 Å². The number of aryl methyl sites for hydroxylation is 1. The fraction of sp³-hybridized carbons (Fsp3) is 0.182. The lowest BCUT2D eigenvalue weighted by atomic mass is 9.92. The lowest BCUT2D eigenvalue weighted by molar-refractivity contribution is 0.101. The molecule has 158 valence electrons. The third-order valence-corrected chi connectivity index (χ3v) is 6.85. The SMILES string of the molecule is Cn1cc2c(c1C(=O)Nc1ccc(F)c(C#N)c1)C=C[C@H](C1C=CC=CC1)NS2(=N)=O. The zero-order chi connectivity index (χ0) is 22.2. The summed E-state index contributed by atoms with van der Waals surface area (Å²) in [4.78, 5) is 13.2. The zero-order valence-corrected chi connectivity index (χ0v) is 17.4. The summed E-state index contributed by atoms with van der Waals surface area (Å²) in [6.07, 6.45) is 13.7. The number of benzene rings is 1. The molecule has 1 amide bonds. The number of amides is 1. The van der Waals surface area contributed by atoms with E-state index in [0.29, 0.717) is 5.56 Å². The molecular formula is C22H20FN5O2S. The molecule has 1 aliphatic heterocycles. The number of rotatable bonds is 3. The second-order valence-electron chi connectivity index (χ2n) is 7.40. The Labute approximate surface area is 179 Å². The van der Waals surface area contributed by atoms with Crippen molar-refractivity contribution in [2.24, 2.45) is 13.0 Å². The average molecular weight is 438 g/mol. The maximum atomic E-state index is 13.6. The molecule has 2 unspecified atom stereocenters. The van der Waals surface area contributed by atoms with Crippen LogP contribution in [0, 0.1) is 27.8 Å². The molecule has 1 aliphatic carbocycles. The molecule has 9 heteroatoms. The third-order valence-electron chi connectivity index (χ3n) is 5.30. The number of carbonyl (C=O) groups is 1. The predicted molar refractivity (Wildman–Crippen MR) is 116 cm³/mol. The van der Waals surface area contributed by atoms with Gasteiger partial charge >= 0.3 is 0 Å². The minimum absolute atomic E-state index is 0.0473. The molecule has 4 rings (SSSR count). The van der Waals surface area contributed by atoms with Crippen LogP contribution in [0.2, 0.25) is 0 Å². The number of carbonyl (C=O) groups excluding carboxylic acids is 1. The Kier molecular flexibility index (Phi) is 5.35. The molecule has 1 aromatic heterocycles. The Morgan fingerprint density at radius 2 is 2.19 bits per heavy atom. The summed E-state index contributed by atoms with van der Waals surface area (Å²) < 4.78 is 39.7. The number of hydrogen-bond donors (Lipinski definition) is 3. The highest BCUT2D eigenvalue weighted by Gasteiger charge is 2.30. The molecule has 2 heterocycles. The van der Waals surface area contributed by atoms with Crippen LogP contribution >= 0.6 is 0 Å². The Bertz CT molecular complexity index is 1300. The Morgan fingerprint density at radius 3 is 2.90 bits per heavy atom. The van der Waals surface area contributed by atoms with Crippen LogP contribution in [0.25, 0.3) is 6.08 Å². The number of nitrogens with zero attached hydrogens (tertiary/aromatic N) is 2. The van der Waals surface area contributed by atoms with E-state index in [4.69, 9.17) is 10.0 Å². The maximum absolute atomic E-state index is 13.6. The van der Waals surface area contributed by atoms with E-state index in [1.807, 2.05) is 30.4 Å². The van der Waals surface area contributed by atoms with Crippen molar-refractivity contribution in [3.63, 3.8) is 0 Å². The van der Waals surface area contributed by atoms with Crippen molar-refractivity contribution in [1.29, 1.82) is 10.0 Å².